The molecule has 1 N–H and O–H groups in total. The van der Waals surface area contributed by atoms with Crippen molar-refractivity contribution in [3.8, 4) is 0 Å². The van der Waals surface area contributed by atoms with Gasteiger partial charge < -0.3 is 5.32 Å². The van der Waals surface area contributed by atoms with Gasteiger partial charge in [-0.05, 0) is 67.5 Å². The lowest BCUT2D eigenvalue weighted by atomic mass is 9.91. The highest BCUT2D eigenvalue weighted by molar-refractivity contribution is 7.98. The second kappa shape index (κ2) is 7.15. The third-order valence-electron chi connectivity index (χ3n) is 4.05. The molecule has 2 rings (SSSR count). The van der Waals surface area contributed by atoms with E-state index in [1.165, 1.54) is 32.7 Å². The van der Waals surface area contributed by atoms with Gasteiger partial charge in [-0.15, -0.1) is 11.8 Å². The molecule has 2 aromatic rings. The molecule has 21 heavy (non-hydrogen) atoms. The average Bonchev–Trinajstić information content (AvgIpc) is 2.49. The van der Waals surface area contributed by atoms with Crippen molar-refractivity contribution in [2.45, 2.75) is 38.6 Å². The second-order valence-electron chi connectivity index (χ2n) is 5.53. The Labute approximate surface area is 133 Å². The van der Waals surface area contributed by atoms with Crippen molar-refractivity contribution in [1.29, 1.82) is 0 Å². The van der Waals surface area contributed by atoms with E-state index >= 15 is 0 Å². The Morgan fingerprint density at radius 2 is 1.62 bits per heavy atom. The van der Waals surface area contributed by atoms with Crippen LogP contribution in [0.25, 0.3) is 0 Å². The molecular weight excluding hydrogens is 274 g/mol. The van der Waals surface area contributed by atoms with Crippen LogP contribution in [0.5, 0.6) is 0 Å². The summed E-state index contributed by atoms with van der Waals surface area (Å²) in [4.78, 5) is 1.35. The van der Waals surface area contributed by atoms with Crippen LogP contribution in [0.3, 0.4) is 0 Å². The van der Waals surface area contributed by atoms with Gasteiger partial charge in [0.2, 0.25) is 0 Å². The molecule has 0 spiro atoms. The lowest BCUT2D eigenvalue weighted by Gasteiger charge is -2.24. The minimum atomic E-state index is 0.262. The molecule has 0 heterocycles. The molecule has 0 saturated heterocycles. The van der Waals surface area contributed by atoms with E-state index in [4.69, 9.17) is 0 Å². The molecule has 0 amide bonds. The number of rotatable bonds is 5. The van der Waals surface area contributed by atoms with Gasteiger partial charge in [-0.3, -0.25) is 0 Å². The van der Waals surface area contributed by atoms with Gasteiger partial charge in [-0.25, -0.2) is 0 Å². The molecule has 112 valence electrons. The molecule has 0 fully saturated rings. The fourth-order valence-electron chi connectivity index (χ4n) is 2.79. The SMILES string of the molecule is CCNC(c1cc(C)c(C)cc1C)c1ccccc1SC. The minimum absolute atomic E-state index is 0.262. The van der Waals surface area contributed by atoms with Crippen molar-refractivity contribution in [3.63, 3.8) is 0 Å². The Hall–Kier alpha value is -1.25. The van der Waals surface area contributed by atoms with E-state index in [9.17, 15) is 0 Å². The molecule has 0 aliphatic rings. The van der Waals surface area contributed by atoms with Gasteiger partial charge in [-0.2, -0.15) is 0 Å². The van der Waals surface area contributed by atoms with Crippen LogP contribution in [-0.2, 0) is 0 Å². The molecule has 2 heteroatoms. The number of nitrogens with one attached hydrogen (secondary N) is 1. The van der Waals surface area contributed by atoms with Crippen LogP contribution in [0.15, 0.2) is 41.3 Å². The molecule has 0 aromatic heterocycles. The van der Waals surface area contributed by atoms with Gasteiger partial charge >= 0.3 is 0 Å². The van der Waals surface area contributed by atoms with Crippen LogP contribution < -0.4 is 5.32 Å². The van der Waals surface area contributed by atoms with E-state index in [1.54, 1.807) is 0 Å². The summed E-state index contributed by atoms with van der Waals surface area (Å²) in [5.74, 6) is 0. The summed E-state index contributed by atoms with van der Waals surface area (Å²) in [6.45, 7) is 9.73. The monoisotopic (exact) mass is 299 g/mol. The molecule has 1 atom stereocenters. The van der Waals surface area contributed by atoms with Crippen molar-refractivity contribution in [1.82, 2.24) is 5.32 Å². The fraction of sp³-hybridized carbons (Fsp3) is 0.368. The number of hydrogen-bond acceptors (Lipinski definition) is 2. The second-order valence-corrected chi connectivity index (χ2v) is 6.37. The van der Waals surface area contributed by atoms with Gasteiger partial charge in [-0.1, -0.05) is 37.3 Å². The largest absolute Gasteiger partial charge is 0.306 e. The molecule has 0 saturated carbocycles. The zero-order valence-corrected chi connectivity index (χ0v) is 14.5. The molecule has 1 nitrogen and oxygen atoms in total. The first-order valence-corrected chi connectivity index (χ1v) is 8.75. The summed E-state index contributed by atoms with van der Waals surface area (Å²) in [6.07, 6.45) is 2.15. The van der Waals surface area contributed by atoms with Crippen LogP contribution in [0.4, 0.5) is 0 Å². The summed E-state index contributed by atoms with van der Waals surface area (Å²) in [5, 5.41) is 3.66. The van der Waals surface area contributed by atoms with E-state index in [2.05, 4.69) is 75.7 Å². The third-order valence-corrected chi connectivity index (χ3v) is 4.86. The van der Waals surface area contributed by atoms with Gasteiger partial charge in [0.1, 0.15) is 0 Å². The van der Waals surface area contributed by atoms with E-state index in [-0.39, 0.29) is 6.04 Å². The number of thioether (sulfide) groups is 1. The van der Waals surface area contributed by atoms with Gasteiger partial charge in [0.05, 0.1) is 6.04 Å². The fourth-order valence-corrected chi connectivity index (χ4v) is 3.43. The number of benzene rings is 2. The van der Waals surface area contributed by atoms with E-state index < -0.39 is 0 Å². The molecule has 1 unspecified atom stereocenters. The minimum Gasteiger partial charge on any atom is -0.306 e. The maximum absolute atomic E-state index is 3.66. The lowest BCUT2D eigenvalue weighted by Crippen LogP contribution is -2.23. The Kier molecular flexibility index (Phi) is 5.49. The van der Waals surface area contributed by atoms with Crippen LogP contribution in [0, 0.1) is 20.8 Å². The van der Waals surface area contributed by atoms with Crippen LogP contribution in [0.2, 0.25) is 0 Å². The summed E-state index contributed by atoms with van der Waals surface area (Å²) in [5.41, 5.74) is 6.85. The summed E-state index contributed by atoms with van der Waals surface area (Å²) >= 11 is 1.82. The van der Waals surface area contributed by atoms with Gasteiger partial charge in [0.15, 0.2) is 0 Å². The molecule has 0 radical (unpaired) electrons. The first-order chi connectivity index (χ1) is 10.1. The predicted molar refractivity (Wildman–Crippen MR) is 94.4 cm³/mol. The Bertz CT molecular complexity index is 619. The average molecular weight is 299 g/mol. The van der Waals surface area contributed by atoms with E-state index in [0.29, 0.717) is 0 Å². The molecule has 0 aliphatic carbocycles. The first-order valence-electron chi connectivity index (χ1n) is 7.52. The van der Waals surface area contributed by atoms with E-state index in [0.717, 1.165) is 6.54 Å². The Balaban J connectivity index is 2.56. The Morgan fingerprint density at radius 3 is 2.29 bits per heavy atom. The van der Waals surface area contributed by atoms with Crippen LogP contribution in [0.1, 0.15) is 40.8 Å². The number of aryl methyl sites for hydroxylation is 3. The van der Waals surface area contributed by atoms with Crippen LogP contribution in [-0.4, -0.2) is 12.8 Å². The van der Waals surface area contributed by atoms with Crippen molar-refractivity contribution in [3.05, 3.63) is 64.2 Å². The highest BCUT2D eigenvalue weighted by Gasteiger charge is 2.18. The first kappa shape index (κ1) is 16.1. The van der Waals surface area contributed by atoms with Crippen molar-refractivity contribution >= 4 is 11.8 Å². The number of hydrogen-bond donors (Lipinski definition) is 1. The highest BCUT2D eigenvalue weighted by Crippen LogP contribution is 2.32. The van der Waals surface area contributed by atoms with Crippen molar-refractivity contribution in [2.75, 3.05) is 12.8 Å². The summed E-state index contributed by atoms with van der Waals surface area (Å²) in [7, 11) is 0. The highest BCUT2D eigenvalue weighted by atomic mass is 32.2. The Morgan fingerprint density at radius 1 is 0.952 bits per heavy atom. The zero-order valence-electron chi connectivity index (χ0n) is 13.7. The third kappa shape index (κ3) is 3.50. The predicted octanol–water partition coefficient (Wildman–Crippen LogP) is 5.03. The van der Waals surface area contributed by atoms with Gasteiger partial charge in [0, 0.05) is 4.90 Å². The molecule has 0 aliphatic heterocycles. The van der Waals surface area contributed by atoms with Crippen molar-refractivity contribution in [2.24, 2.45) is 0 Å². The standard InChI is InChI=1S/C19H25NS/c1-6-20-19(16-9-7-8-10-18(16)21-5)17-12-14(3)13(2)11-15(17)4/h7-12,19-20H,6H2,1-5H3. The molecule has 2 aromatic carbocycles. The van der Waals surface area contributed by atoms with Crippen LogP contribution >= 0.6 is 11.8 Å². The van der Waals surface area contributed by atoms with Gasteiger partial charge in [0.25, 0.3) is 0 Å². The normalized spacial score (nSPS) is 12.4. The maximum atomic E-state index is 3.66. The maximum Gasteiger partial charge on any atom is 0.0590 e. The lowest BCUT2D eigenvalue weighted by molar-refractivity contribution is 0.619. The van der Waals surface area contributed by atoms with Crippen molar-refractivity contribution < 1.29 is 0 Å². The smallest absolute Gasteiger partial charge is 0.0590 e. The molecule has 0 bridgehead atoms. The molecular formula is C19H25NS. The summed E-state index contributed by atoms with van der Waals surface area (Å²) in [6, 6.07) is 13.6. The topological polar surface area (TPSA) is 12.0 Å². The zero-order chi connectivity index (χ0) is 15.4. The van der Waals surface area contributed by atoms with E-state index in [1.807, 2.05) is 11.8 Å². The quantitative estimate of drug-likeness (QED) is 0.777. The summed E-state index contributed by atoms with van der Waals surface area (Å²) < 4.78 is 0.